The van der Waals surface area contributed by atoms with Gasteiger partial charge in [-0.3, -0.25) is 4.79 Å². The van der Waals surface area contributed by atoms with Crippen LogP contribution in [0.2, 0.25) is 0 Å². The number of rotatable bonds is 5. The largest absolute Gasteiger partial charge is 0.315 e. The van der Waals surface area contributed by atoms with Crippen LogP contribution in [0.25, 0.3) is 5.69 Å². The molecule has 2 aromatic carbocycles. The summed E-state index contributed by atoms with van der Waals surface area (Å²) in [6, 6.07) is 12.5. The Bertz CT molecular complexity index is 1040. The number of amides is 1. The number of carbonyl (C=O) groups excluding carboxylic acids is 1. The van der Waals surface area contributed by atoms with E-state index in [1.54, 1.807) is 28.8 Å². The van der Waals surface area contributed by atoms with Crippen molar-refractivity contribution in [2.75, 3.05) is 0 Å². The Hall–Kier alpha value is -2.80. The first-order valence-corrected chi connectivity index (χ1v) is 9.35. The van der Waals surface area contributed by atoms with Crippen LogP contribution in [0, 0.1) is 25.5 Å². The molecule has 0 radical (unpaired) electrons. The van der Waals surface area contributed by atoms with Crippen LogP contribution < -0.4 is 5.43 Å². The summed E-state index contributed by atoms with van der Waals surface area (Å²) >= 11 is 3.26. The molecule has 144 valence electrons. The second-order valence-corrected chi connectivity index (χ2v) is 7.27. The monoisotopic (exact) mass is 445 g/mol. The van der Waals surface area contributed by atoms with E-state index in [4.69, 9.17) is 0 Å². The number of nitrogens with one attached hydrogen (secondary N) is 1. The predicted octanol–water partition coefficient (Wildman–Crippen LogP) is 4.83. The molecule has 0 saturated heterocycles. The highest BCUT2D eigenvalue weighted by Crippen LogP contribution is 2.24. The summed E-state index contributed by atoms with van der Waals surface area (Å²) in [5.41, 5.74) is 6.00. The summed E-state index contributed by atoms with van der Waals surface area (Å²) < 4.78 is 29.7. The minimum absolute atomic E-state index is 0.0980. The number of aryl methyl sites for hydroxylation is 1. The molecular weight excluding hydrogens is 428 g/mol. The van der Waals surface area contributed by atoms with Crippen molar-refractivity contribution in [3.63, 3.8) is 0 Å². The SMILES string of the molecule is Cc1cc(/C=N/NC(=O)Cc2ccc(F)cc2)c(C)n1-c1ccc(Br)cc1F. The van der Waals surface area contributed by atoms with Gasteiger partial charge in [0.05, 0.1) is 18.3 Å². The summed E-state index contributed by atoms with van der Waals surface area (Å²) in [5.74, 6) is -0.998. The third-order valence-corrected chi connectivity index (χ3v) is 4.78. The Labute approximate surface area is 170 Å². The molecule has 0 aliphatic carbocycles. The molecule has 0 saturated carbocycles. The van der Waals surface area contributed by atoms with Gasteiger partial charge in [0.15, 0.2) is 0 Å². The van der Waals surface area contributed by atoms with Crippen LogP contribution in [0.4, 0.5) is 8.78 Å². The molecule has 4 nitrogen and oxygen atoms in total. The lowest BCUT2D eigenvalue weighted by atomic mass is 10.1. The van der Waals surface area contributed by atoms with E-state index in [1.165, 1.54) is 24.4 Å². The number of aromatic nitrogens is 1. The molecule has 0 bridgehead atoms. The molecule has 1 heterocycles. The lowest BCUT2D eigenvalue weighted by Crippen LogP contribution is -2.19. The first-order valence-electron chi connectivity index (χ1n) is 8.56. The summed E-state index contributed by atoms with van der Waals surface area (Å²) in [6.07, 6.45) is 1.62. The Morgan fingerprint density at radius 3 is 2.54 bits per heavy atom. The molecule has 0 aliphatic rings. The highest BCUT2D eigenvalue weighted by Gasteiger charge is 2.13. The van der Waals surface area contributed by atoms with Crippen LogP contribution in [0.1, 0.15) is 22.5 Å². The zero-order valence-corrected chi connectivity index (χ0v) is 16.9. The maximum absolute atomic E-state index is 14.3. The first-order chi connectivity index (χ1) is 13.3. The molecule has 1 N–H and O–H groups in total. The van der Waals surface area contributed by atoms with Crippen molar-refractivity contribution in [1.29, 1.82) is 0 Å². The van der Waals surface area contributed by atoms with Gasteiger partial charge in [0.25, 0.3) is 0 Å². The summed E-state index contributed by atoms with van der Waals surface area (Å²) in [6.45, 7) is 3.73. The van der Waals surface area contributed by atoms with Crippen molar-refractivity contribution < 1.29 is 13.6 Å². The van der Waals surface area contributed by atoms with Gasteiger partial charge >= 0.3 is 0 Å². The number of hydrazone groups is 1. The van der Waals surface area contributed by atoms with E-state index in [1.807, 2.05) is 19.9 Å². The van der Waals surface area contributed by atoms with Crippen molar-refractivity contribution in [2.45, 2.75) is 20.3 Å². The third-order valence-electron chi connectivity index (χ3n) is 4.29. The first kappa shape index (κ1) is 19.9. The molecule has 0 fully saturated rings. The molecule has 0 unspecified atom stereocenters. The molecule has 1 aromatic heterocycles. The smallest absolute Gasteiger partial charge is 0.244 e. The standard InChI is InChI=1S/C21H18BrF2N3O/c1-13-9-16(14(2)27(13)20-8-5-17(22)11-19(20)24)12-25-26-21(28)10-15-3-6-18(23)7-4-15/h3-9,11-12H,10H2,1-2H3,(H,26,28)/b25-12+. The highest BCUT2D eigenvalue weighted by molar-refractivity contribution is 9.10. The number of nitrogens with zero attached hydrogens (tertiary/aromatic N) is 2. The van der Waals surface area contributed by atoms with Gasteiger partial charge in [0.2, 0.25) is 5.91 Å². The molecular formula is C21H18BrF2N3O. The Balaban J connectivity index is 1.72. The fraction of sp³-hybridized carbons (Fsp3) is 0.143. The minimum atomic E-state index is -0.347. The summed E-state index contributed by atoms with van der Waals surface area (Å²) in [7, 11) is 0. The van der Waals surface area contributed by atoms with E-state index in [9.17, 15) is 13.6 Å². The molecule has 28 heavy (non-hydrogen) atoms. The third kappa shape index (κ3) is 4.54. The van der Waals surface area contributed by atoms with E-state index in [0.717, 1.165) is 17.0 Å². The van der Waals surface area contributed by atoms with Gasteiger partial charge in [-0.2, -0.15) is 5.10 Å². The normalized spacial score (nSPS) is 11.2. The van der Waals surface area contributed by atoms with Gasteiger partial charge in [-0.15, -0.1) is 0 Å². The van der Waals surface area contributed by atoms with Gasteiger partial charge in [-0.25, -0.2) is 14.2 Å². The maximum Gasteiger partial charge on any atom is 0.244 e. The molecule has 7 heteroatoms. The van der Waals surface area contributed by atoms with E-state index in [2.05, 4.69) is 26.5 Å². The molecule has 3 rings (SSSR count). The van der Waals surface area contributed by atoms with Crippen molar-refractivity contribution in [1.82, 2.24) is 9.99 Å². The van der Waals surface area contributed by atoms with Gasteiger partial charge in [0, 0.05) is 21.4 Å². The van der Waals surface area contributed by atoms with E-state index in [-0.39, 0.29) is 24.0 Å². The van der Waals surface area contributed by atoms with Crippen molar-refractivity contribution in [3.8, 4) is 5.69 Å². The average Bonchev–Trinajstić information content (AvgIpc) is 2.91. The zero-order chi connectivity index (χ0) is 20.3. The van der Waals surface area contributed by atoms with Gasteiger partial charge < -0.3 is 4.57 Å². The Kier molecular flexibility index (Phi) is 6.04. The Morgan fingerprint density at radius 1 is 1.14 bits per heavy atom. The second-order valence-electron chi connectivity index (χ2n) is 6.35. The van der Waals surface area contributed by atoms with Crippen LogP contribution in [-0.4, -0.2) is 16.7 Å². The number of hydrogen-bond acceptors (Lipinski definition) is 2. The van der Waals surface area contributed by atoms with Crippen LogP contribution in [0.3, 0.4) is 0 Å². The van der Waals surface area contributed by atoms with Gasteiger partial charge in [-0.1, -0.05) is 28.1 Å². The second kappa shape index (κ2) is 8.48. The zero-order valence-electron chi connectivity index (χ0n) is 15.3. The van der Waals surface area contributed by atoms with Crippen LogP contribution >= 0.6 is 15.9 Å². The summed E-state index contributed by atoms with van der Waals surface area (Å²) in [4.78, 5) is 12.0. The van der Waals surface area contributed by atoms with Crippen LogP contribution in [-0.2, 0) is 11.2 Å². The fourth-order valence-electron chi connectivity index (χ4n) is 2.95. The average molecular weight is 446 g/mol. The molecule has 0 atom stereocenters. The lowest BCUT2D eigenvalue weighted by Gasteiger charge is -2.11. The number of halogens is 3. The number of hydrogen-bond donors (Lipinski definition) is 1. The number of carbonyl (C=O) groups is 1. The highest BCUT2D eigenvalue weighted by atomic mass is 79.9. The molecule has 3 aromatic rings. The van der Waals surface area contributed by atoms with Gasteiger partial charge in [-0.05, 0) is 55.8 Å². The van der Waals surface area contributed by atoms with Crippen LogP contribution in [0.5, 0.6) is 0 Å². The number of benzene rings is 2. The predicted molar refractivity (Wildman–Crippen MR) is 109 cm³/mol. The summed E-state index contributed by atoms with van der Waals surface area (Å²) in [5, 5.41) is 3.99. The van der Waals surface area contributed by atoms with E-state index >= 15 is 0 Å². The van der Waals surface area contributed by atoms with Crippen molar-refractivity contribution in [2.24, 2.45) is 5.10 Å². The van der Waals surface area contributed by atoms with Crippen molar-refractivity contribution in [3.05, 3.63) is 87.2 Å². The molecule has 0 aliphatic heterocycles. The van der Waals surface area contributed by atoms with Crippen LogP contribution in [0.15, 0.2) is 58.1 Å². The van der Waals surface area contributed by atoms with Crippen molar-refractivity contribution >= 4 is 28.1 Å². The maximum atomic E-state index is 14.3. The quantitative estimate of drug-likeness (QED) is 0.443. The van der Waals surface area contributed by atoms with E-state index in [0.29, 0.717) is 15.7 Å². The minimum Gasteiger partial charge on any atom is -0.315 e. The fourth-order valence-corrected chi connectivity index (χ4v) is 3.29. The molecule has 1 amide bonds. The Morgan fingerprint density at radius 2 is 1.86 bits per heavy atom. The lowest BCUT2D eigenvalue weighted by molar-refractivity contribution is -0.120. The topological polar surface area (TPSA) is 46.4 Å². The van der Waals surface area contributed by atoms with Gasteiger partial charge in [0.1, 0.15) is 11.6 Å². The molecule has 0 spiro atoms. The van der Waals surface area contributed by atoms with E-state index < -0.39 is 0 Å².